The van der Waals surface area contributed by atoms with Gasteiger partial charge >= 0.3 is 0 Å². The molecule has 10 nitrogen and oxygen atoms in total. The Bertz CT molecular complexity index is 1050. The predicted molar refractivity (Wildman–Crippen MR) is 97.3 cm³/mol. The molecule has 24 heavy (non-hydrogen) atoms. The first-order chi connectivity index (χ1) is 11.5. The van der Waals surface area contributed by atoms with Crippen molar-refractivity contribution in [1.82, 2.24) is 24.8 Å². The first-order valence-electron chi connectivity index (χ1n) is 6.89. The van der Waals surface area contributed by atoms with Crippen molar-refractivity contribution in [3.63, 3.8) is 0 Å². The first-order valence-corrected chi connectivity index (χ1v) is 7.68. The second kappa shape index (κ2) is 5.16. The lowest BCUT2D eigenvalue weighted by Gasteiger charge is -2.09. The van der Waals surface area contributed by atoms with E-state index in [1.165, 1.54) is 4.52 Å². The lowest BCUT2D eigenvalue weighted by Crippen LogP contribution is -2.10. The number of anilines is 5. The highest BCUT2D eigenvalue weighted by Crippen LogP contribution is 2.30. The molecule has 0 amide bonds. The molecule has 0 fully saturated rings. The van der Waals surface area contributed by atoms with E-state index in [0.717, 1.165) is 10.2 Å². The number of nitrogens with one attached hydrogen (secondary N) is 3. The Balaban J connectivity index is 1.78. The summed E-state index contributed by atoms with van der Waals surface area (Å²) in [6, 6.07) is 7.62. The lowest BCUT2D eigenvalue weighted by atomic mass is 10.3. The Morgan fingerprint density at radius 1 is 1.00 bits per heavy atom. The molecule has 0 bridgehead atoms. The Morgan fingerprint density at radius 2 is 1.75 bits per heavy atom. The summed E-state index contributed by atoms with van der Waals surface area (Å²) in [4.78, 5) is 4.33. The van der Waals surface area contributed by atoms with E-state index in [4.69, 9.17) is 17.2 Å². The van der Waals surface area contributed by atoms with Gasteiger partial charge in [0.25, 0.3) is 0 Å². The highest BCUT2D eigenvalue weighted by atomic mass is 79.9. The van der Waals surface area contributed by atoms with Gasteiger partial charge in [-0.25, -0.2) is 4.98 Å². The van der Waals surface area contributed by atoms with Crippen LogP contribution >= 0.6 is 15.9 Å². The van der Waals surface area contributed by atoms with Gasteiger partial charge in [0.2, 0.25) is 0 Å². The molecule has 4 rings (SSSR count). The number of aromatic nitrogens is 5. The van der Waals surface area contributed by atoms with Gasteiger partial charge in [-0.15, -0.1) is 5.10 Å². The number of nitrogens with two attached hydrogens (primary N) is 3. The number of fused-ring (bicyclic) bond motifs is 3. The molecule has 4 aromatic rings. The lowest BCUT2D eigenvalue weighted by molar-refractivity contribution is 0.957. The number of hydrogen-bond donors (Lipinski definition) is 6. The van der Waals surface area contributed by atoms with Gasteiger partial charge in [-0.2, -0.15) is 9.61 Å². The topological polar surface area (TPSA) is 161 Å². The van der Waals surface area contributed by atoms with Crippen LogP contribution in [0, 0.1) is 0 Å². The van der Waals surface area contributed by atoms with Gasteiger partial charge in [0.1, 0.15) is 22.7 Å². The van der Waals surface area contributed by atoms with Crippen LogP contribution in [-0.2, 0) is 0 Å². The average molecular weight is 389 g/mol. The normalized spacial score (nSPS) is 11.2. The van der Waals surface area contributed by atoms with Crippen molar-refractivity contribution in [2.24, 2.45) is 0 Å². The van der Waals surface area contributed by atoms with Crippen LogP contribution in [0.5, 0.6) is 0 Å². The monoisotopic (exact) mass is 388 g/mol. The van der Waals surface area contributed by atoms with Gasteiger partial charge in [0, 0.05) is 4.47 Å². The average Bonchev–Trinajstić information content (AvgIpc) is 3.08. The maximum Gasteiger partial charge on any atom is 0.190 e. The summed E-state index contributed by atoms with van der Waals surface area (Å²) in [7, 11) is 0. The largest absolute Gasteiger partial charge is 0.383 e. The van der Waals surface area contributed by atoms with E-state index in [1.807, 2.05) is 24.3 Å². The Labute approximate surface area is 143 Å². The van der Waals surface area contributed by atoms with E-state index >= 15 is 0 Å². The molecule has 0 aliphatic carbocycles. The summed E-state index contributed by atoms with van der Waals surface area (Å²) in [5, 5.41) is 11.5. The molecule has 0 saturated heterocycles. The van der Waals surface area contributed by atoms with Gasteiger partial charge in [-0.3, -0.25) is 10.5 Å². The second-order valence-corrected chi connectivity index (χ2v) is 6.00. The SMILES string of the molecule is Nc1nn2c(nc(N)c3c(N)[nH]nc32)c1NNc1ccc(Br)cc1. The van der Waals surface area contributed by atoms with Crippen LogP contribution < -0.4 is 28.1 Å². The fraction of sp³-hybridized carbons (Fsp3) is 0. The maximum atomic E-state index is 6.00. The van der Waals surface area contributed by atoms with Crippen molar-refractivity contribution in [2.45, 2.75) is 0 Å². The Hall–Kier alpha value is -3.21. The van der Waals surface area contributed by atoms with Gasteiger partial charge in [0.05, 0.1) is 5.69 Å². The molecule has 0 atom stereocenters. The van der Waals surface area contributed by atoms with E-state index in [2.05, 4.69) is 47.1 Å². The summed E-state index contributed by atoms with van der Waals surface area (Å²) in [5.41, 5.74) is 26.1. The van der Waals surface area contributed by atoms with Crippen LogP contribution in [0.1, 0.15) is 0 Å². The van der Waals surface area contributed by atoms with Gasteiger partial charge in [0.15, 0.2) is 17.1 Å². The first kappa shape index (κ1) is 14.4. The van der Waals surface area contributed by atoms with E-state index in [1.54, 1.807) is 0 Å². The number of nitrogen functional groups attached to an aromatic ring is 3. The number of hydrogen-bond acceptors (Lipinski definition) is 8. The molecule has 0 aliphatic heterocycles. The number of H-pyrrole nitrogens is 1. The summed E-state index contributed by atoms with van der Waals surface area (Å²) >= 11 is 3.39. The van der Waals surface area contributed by atoms with Crippen LogP contribution in [0.2, 0.25) is 0 Å². The quantitative estimate of drug-likeness (QED) is 0.288. The van der Waals surface area contributed by atoms with E-state index in [9.17, 15) is 0 Å². The minimum atomic E-state index is 0.246. The molecular formula is C13H13BrN10. The van der Waals surface area contributed by atoms with Crippen LogP contribution in [-0.4, -0.2) is 24.8 Å². The minimum Gasteiger partial charge on any atom is -0.383 e. The van der Waals surface area contributed by atoms with Crippen LogP contribution in [0.4, 0.5) is 28.8 Å². The number of rotatable bonds is 3. The molecule has 1 aromatic carbocycles. The van der Waals surface area contributed by atoms with Crippen molar-refractivity contribution in [2.75, 3.05) is 28.1 Å². The van der Waals surface area contributed by atoms with E-state index < -0.39 is 0 Å². The zero-order chi connectivity index (χ0) is 16.8. The number of halogens is 1. The molecule has 0 aliphatic rings. The van der Waals surface area contributed by atoms with Gasteiger partial charge in [-0.1, -0.05) is 15.9 Å². The molecule has 9 N–H and O–H groups in total. The summed E-state index contributed by atoms with van der Waals surface area (Å²) < 4.78 is 2.47. The van der Waals surface area contributed by atoms with Crippen molar-refractivity contribution < 1.29 is 0 Å². The molecular weight excluding hydrogens is 376 g/mol. The van der Waals surface area contributed by atoms with Crippen LogP contribution in [0.3, 0.4) is 0 Å². The van der Waals surface area contributed by atoms with E-state index in [-0.39, 0.29) is 11.6 Å². The summed E-state index contributed by atoms with van der Waals surface area (Å²) in [6.45, 7) is 0. The standard InChI is InChI=1S/C13H13BrN10/c14-5-1-3-6(4-2-5)19-20-8-11(17)23-24-12-7(10(16)21-22-12)9(15)18-13(8)24/h1-4,19-20H,(H2,15,18)(H2,17,23)(H3,16,21,22). The van der Waals surface area contributed by atoms with Crippen LogP contribution in [0.15, 0.2) is 28.7 Å². The predicted octanol–water partition coefficient (Wildman–Crippen LogP) is 1.55. The van der Waals surface area contributed by atoms with Crippen molar-refractivity contribution in [3.8, 4) is 0 Å². The number of hydrazine groups is 1. The molecule has 0 radical (unpaired) electrons. The zero-order valence-corrected chi connectivity index (χ0v) is 13.8. The fourth-order valence-electron chi connectivity index (χ4n) is 2.39. The zero-order valence-electron chi connectivity index (χ0n) is 12.2. The Morgan fingerprint density at radius 3 is 2.50 bits per heavy atom. The number of benzene rings is 1. The fourth-order valence-corrected chi connectivity index (χ4v) is 2.65. The second-order valence-electron chi connectivity index (χ2n) is 5.09. The molecule has 3 heterocycles. The Kier molecular flexibility index (Phi) is 3.09. The van der Waals surface area contributed by atoms with Gasteiger partial charge in [-0.05, 0) is 24.3 Å². The molecule has 3 aromatic heterocycles. The third-order valence-electron chi connectivity index (χ3n) is 3.52. The van der Waals surface area contributed by atoms with E-state index in [0.29, 0.717) is 28.2 Å². The van der Waals surface area contributed by atoms with Crippen molar-refractivity contribution >= 4 is 61.4 Å². The van der Waals surface area contributed by atoms with Gasteiger partial charge < -0.3 is 22.6 Å². The molecule has 122 valence electrons. The highest BCUT2D eigenvalue weighted by Gasteiger charge is 2.19. The molecule has 0 unspecified atom stereocenters. The van der Waals surface area contributed by atoms with Crippen LogP contribution in [0.25, 0.3) is 16.7 Å². The number of nitrogens with zero attached hydrogens (tertiary/aromatic N) is 4. The minimum absolute atomic E-state index is 0.246. The summed E-state index contributed by atoms with van der Waals surface area (Å²) in [6.07, 6.45) is 0. The third-order valence-corrected chi connectivity index (χ3v) is 4.05. The summed E-state index contributed by atoms with van der Waals surface area (Å²) in [5.74, 6) is 0.824. The third kappa shape index (κ3) is 2.13. The van der Waals surface area contributed by atoms with Crippen molar-refractivity contribution in [1.29, 1.82) is 0 Å². The molecule has 0 saturated carbocycles. The van der Waals surface area contributed by atoms with Crippen molar-refractivity contribution in [3.05, 3.63) is 28.7 Å². The number of aromatic amines is 1. The molecule has 0 spiro atoms. The molecule has 11 heteroatoms. The maximum absolute atomic E-state index is 6.00. The smallest absolute Gasteiger partial charge is 0.190 e. The highest BCUT2D eigenvalue weighted by molar-refractivity contribution is 9.10.